The van der Waals surface area contributed by atoms with Crippen LogP contribution in [0.15, 0.2) is 60.3 Å². The Morgan fingerprint density at radius 2 is 1.62 bits per heavy atom. The minimum Gasteiger partial charge on any atom is -0.550 e. The summed E-state index contributed by atoms with van der Waals surface area (Å²) in [4.78, 5) is 35.4. The Hall–Kier alpha value is -3.48. The highest BCUT2D eigenvalue weighted by molar-refractivity contribution is 6.05. The number of carboxylic acids is 1. The summed E-state index contributed by atoms with van der Waals surface area (Å²) in [5.41, 5.74) is 0.445. The zero-order chi connectivity index (χ0) is 21.1. The summed E-state index contributed by atoms with van der Waals surface area (Å²) in [6.07, 6.45) is 2.89. The third-order valence-electron chi connectivity index (χ3n) is 4.08. The van der Waals surface area contributed by atoms with E-state index in [1.165, 1.54) is 24.3 Å². The van der Waals surface area contributed by atoms with Crippen molar-refractivity contribution < 1.29 is 23.9 Å². The molecule has 0 unspecified atom stereocenters. The second-order valence-electron chi connectivity index (χ2n) is 6.34. The number of unbranched alkanes of at least 4 members (excludes halogenated alkanes) is 2. The predicted molar refractivity (Wildman–Crippen MR) is 105 cm³/mol. The maximum atomic E-state index is 14.0. The average Bonchev–Trinajstić information content (AvgIpc) is 2.71. The number of hydrogen-bond donors (Lipinski definition) is 2. The van der Waals surface area contributed by atoms with Crippen LogP contribution in [0.1, 0.15) is 41.6 Å². The highest BCUT2D eigenvalue weighted by Gasteiger charge is 2.15. The van der Waals surface area contributed by atoms with Crippen molar-refractivity contribution in [3.05, 3.63) is 77.2 Å². The van der Waals surface area contributed by atoms with E-state index in [1.807, 2.05) is 0 Å². The van der Waals surface area contributed by atoms with E-state index < -0.39 is 23.6 Å². The molecule has 0 aliphatic heterocycles. The first-order valence-corrected chi connectivity index (χ1v) is 9.28. The number of amides is 2. The summed E-state index contributed by atoms with van der Waals surface area (Å²) >= 11 is 0. The maximum Gasteiger partial charge on any atom is 0.267 e. The molecule has 0 heterocycles. The van der Waals surface area contributed by atoms with Gasteiger partial charge in [0.05, 0.1) is 0 Å². The number of benzene rings is 2. The van der Waals surface area contributed by atoms with Crippen LogP contribution in [0.25, 0.3) is 6.08 Å². The molecule has 6 nitrogen and oxygen atoms in total. The fourth-order valence-electron chi connectivity index (χ4n) is 2.56. The van der Waals surface area contributed by atoms with Crippen LogP contribution in [0.5, 0.6) is 0 Å². The lowest BCUT2D eigenvalue weighted by atomic mass is 10.1. The van der Waals surface area contributed by atoms with Crippen molar-refractivity contribution in [1.29, 1.82) is 0 Å². The molecule has 0 radical (unpaired) electrons. The third kappa shape index (κ3) is 7.57. The molecule has 2 rings (SSSR count). The highest BCUT2D eigenvalue weighted by atomic mass is 19.1. The lowest BCUT2D eigenvalue weighted by Gasteiger charge is -2.11. The fraction of sp³-hybridized carbons (Fsp3) is 0.227. The van der Waals surface area contributed by atoms with Gasteiger partial charge in [-0.15, -0.1) is 0 Å². The molecule has 2 aromatic carbocycles. The molecule has 0 bridgehead atoms. The zero-order valence-electron chi connectivity index (χ0n) is 15.8. The van der Waals surface area contributed by atoms with Gasteiger partial charge < -0.3 is 20.5 Å². The van der Waals surface area contributed by atoms with Gasteiger partial charge in [0.2, 0.25) is 0 Å². The third-order valence-corrected chi connectivity index (χ3v) is 4.08. The number of halogens is 1. The van der Waals surface area contributed by atoms with Gasteiger partial charge in [0.1, 0.15) is 11.5 Å². The summed E-state index contributed by atoms with van der Waals surface area (Å²) in [7, 11) is 0. The maximum absolute atomic E-state index is 14.0. The van der Waals surface area contributed by atoms with Crippen molar-refractivity contribution in [3.8, 4) is 0 Å². The Morgan fingerprint density at radius 3 is 2.31 bits per heavy atom. The van der Waals surface area contributed by atoms with Gasteiger partial charge in [-0.1, -0.05) is 42.8 Å². The molecule has 0 fully saturated rings. The molecule has 152 valence electrons. The van der Waals surface area contributed by atoms with E-state index in [9.17, 15) is 23.9 Å². The van der Waals surface area contributed by atoms with E-state index in [2.05, 4.69) is 10.6 Å². The number of carbonyl (C=O) groups excluding carboxylic acids is 3. The van der Waals surface area contributed by atoms with Crippen molar-refractivity contribution >= 4 is 23.9 Å². The molecule has 2 amide bonds. The largest absolute Gasteiger partial charge is 0.550 e. The van der Waals surface area contributed by atoms with Gasteiger partial charge in [-0.25, -0.2) is 4.39 Å². The lowest BCUT2D eigenvalue weighted by Crippen LogP contribution is -2.35. The Balaban J connectivity index is 2.06. The van der Waals surface area contributed by atoms with Crippen LogP contribution in [-0.2, 0) is 9.59 Å². The van der Waals surface area contributed by atoms with Gasteiger partial charge in [0, 0.05) is 23.6 Å². The topological polar surface area (TPSA) is 98.3 Å². The monoisotopic (exact) mass is 397 g/mol. The van der Waals surface area contributed by atoms with Crippen molar-refractivity contribution in [2.45, 2.75) is 25.7 Å². The molecular weight excluding hydrogens is 375 g/mol. The zero-order valence-corrected chi connectivity index (χ0v) is 15.8. The number of aliphatic carboxylic acids is 1. The Labute approximate surface area is 168 Å². The first-order chi connectivity index (χ1) is 14.0. The van der Waals surface area contributed by atoms with Crippen LogP contribution in [0.3, 0.4) is 0 Å². The van der Waals surface area contributed by atoms with Gasteiger partial charge in [-0.3, -0.25) is 9.59 Å². The molecule has 0 aliphatic carbocycles. The van der Waals surface area contributed by atoms with Crippen molar-refractivity contribution in [2.24, 2.45) is 0 Å². The van der Waals surface area contributed by atoms with Crippen LogP contribution in [0, 0.1) is 5.82 Å². The van der Waals surface area contributed by atoms with E-state index in [-0.39, 0.29) is 17.7 Å². The average molecular weight is 397 g/mol. The fourth-order valence-corrected chi connectivity index (χ4v) is 2.56. The van der Waals surface area contributed by atoms with Gasteiger partial charge in [0.15, 0.2) is 0 Å². The molecule has 7 heteroatoms. The van der Waals surface area contributed by atoms with Crippen LogP contribution >= 0.6 is 0 Å². The van der Waals surface area contributed by atoms with E-state index >= 15 is 0 Å². The molecule has 0 saturated carbocycles. The van der Waals surface area contributed by atoms with E-state index in [4.69, 9.17) is 0 Å². The summed E-state index contributed by atoms with van der Waals surface area (Å²) in [6, 6.07) is 14.3. The Kier molecular flexibility index (Phi) is 8.56. The lowest BCUT2D eigenvalue weighted by molar-refractivity contribution is -0.305. The number of hydrogen-bond acceptors (Lipinski definition) is 4. The van der Waals surface area contributed by atoms with Crippen LogP contribution < -0.4 is 15.7 Å². The standard InChI is InChI=1S/C22H23FN2O4/c23-18-12-7-6-11-17(18)15-19(25-21(28)16-9-3-1-4-10-16)22(29)24-14-8-2-5-13-20(26)27/h1,3-4,6-7,9-12,15H,2,5,8,13-14H2,(H,24,29)(H,25,28)(H,26,27)/p-1/b19-15+. The summed E-state index contributed by atoms with van der Waals surface area (Å²) in [6.45, 7) is 0.293. The van der Waals surface area contributed by atoms with Crippen molar-refractivity contribution in [2.75, 3.05) is 6.54 Å². The number of nitrogens with one attached hydrogen (secondary N) is 2. The van der Waals surface area contributed by atoms with Crippen molar-refractivity contribution in [3.63, 3.8) is 0 Å². The SMILES string of the molecule is O=C([O-])CCCCCNC(=O)/C(=C\c1ccccc1F)NC(=O)c1ccccc1. The molecule has 0 aromatic heterocycles. The number of rotatable bonds is 10. The normalized spacial score (nSPS) is 11.0. The number of carbonyl (C=O) groups is 3. The summed E-state index contributed by atoms with van der Waals surface area (Å²) < 4.78 is 14.0. The number of carboxylic acid groups (broad SMARTS) is 1. The van der Waals surface area contributed by atoms with Crippen molar-refractivity contribution in [1.82, 2.24) is 10.6 Å². The minimum absolute atomic E-state index is 0.0283. The first kappa shape index (κ1) is 21.8. The first-order valence-electron chi connectivity index (χ1n) is 9.28. The predicted octanol–water partition coefficient (Wildman–Crippen LogP) is 2.02. The molecular formula is C22H22FN2O4-. The second-order valence-corrected chi connectivity index (χ2v) is 6.34. The van der Waals surface area contributed by atoms with Gasteiger partial charge in [-0.2, -0.15) is 0 Å². The molecule has 0 saturated heterocycles. The molecule has 2 N–H and O–H groups in total. The van der Waals surface area contributed by atoms with E-state index in [0.29, 0.717) is 31.4 Å². The van der Waals surface area contributed by atoms with Crippen LogP contribution in [-0.4, -0.2) is 24.3 Å². The van der Waals surface area contributed by atoms with E-state index in [0.717, 1.165) is 0 Å². The second kappa shape index (κ2) is 11.4. The van der Waals surface area contributed by atoms with Crippen LogP contribution in [0.4, 0.5) is 4.39 Å². The minimum atomic E-state index is -1.10. The Morgan fingerprint density at radius 1 is 0.931 bits per heavy atom. The summed E-state index contributed by atoms with van der Waals surface area (Å²) in [5.74, 6) is -2.67. The van der Waals surface area contributed by atoms with Gasteiger partial charge >= 0.3 is 0 Å². The Bertz CT molecular complexity index is 881. The summed E-state index contributed by atoms with van der Waals surface area (Å²) in [5, 5.41) is 15.6. The van der Waals surface area contributed by atoms with Gasteiger partial charge in [-0.05, 0) is 43.5 Å². The quantitative estimate of drug-likeness (QED) is 0.473. The van der Waals surface area contributed by atoms with Gasteiger partial charge in [0.25, 0.3) is 11.8 Å². The molecule has 29 heavy (non-hydrogen) atoms. The molecule has 0 spiro atoms. The molecule has 2 aromatic rings. The van der Waals surface area contributed by atoms with Crippen LogP contribution in [0.2, 0.25) is 0 Å². The molecule has 0 aliphatic rings. The smallest absolute Gasteiger partial charge is 0.267 e. The molecule has 0 atom stereocenters. The van der Waals surface area contributed by atoms with E-state index in [1.54, 1.807) is 36.4 Å². The highest BCUT2D eigenvalue weighted by Crippen LogP contribution is 2.11.